The maximum Gasteiger partial charge on any atom is 0.472 e. The van der Waals surface area contributed by atoms with Gasteiger partial charge < -0.3 is 35.4 Å². The van der Waals surface area contributed by atoms with Gasteiger partial charge in [0.05, 0.1) is 31.5 Å². The maximum absolute atomic E-state index is 12.8. The number of phosphoric ester groups is 1. The van der Waals surface area contributed by atoms with Crippen molar-refractivity contribution in [3.05, 3.63) is 12.2 Å². The summed E-state index contributed by atoms with van der Waals surface area (Å²) in [6.45, 7) is 3.24. The number of carbonyl (C=O) groups excluding carboxylic acids is 3. The number of aliphatic hydroxyl groups is 3. The molecule has 0 heterocycles. The molecule has 6 N–H and O–H groups in total. The fraction of sp³-hybridized carbons (Fsp3) is 0.898. The number of aliphatic hydroxyl groups excluding tert-OH is 3. The highest BCUT2D eigenvalue weighted by Crippen LogP contribution is 2.43. The number of carbonyl (C=O) groups is 3. The van der Waals surface area contributed by atoms with Crippen molar-refractivity contribution in [1.29, 1.82) is 0 Å². The Hall–Kier alpha value is -1.70. The van der Waals surface area contributed by atoms with Crippen LogP contribution in [0.25, 0.3) is 0 Å². The Balaban J connectivity index is 2.30. The molecular formula is C49H92NO12P. The van der Waals surface area contributed by atoms with Gasteiger partial charge in [-0.05, 0) is 25.7 Å². The molecule has 0 aromatic heterocycles. The zero-order valence-corrected chi connectivity index (χ0v) is 40.5. The van der Waals surface area contributed by atoms with Crippen molar-refractivity contribution < 1.29 is 57.7 Å². The zero-order chi connectivity index (χ0) is 46.4. The van der Waals surface area contributed by atoms with E-state index in [4.69, 9.17) is 24.3 Å². The average Bonchev–Trinajstić information content (AvgIpc) is 3.52. The molecule has 0 spiro atoms. The van der Waals surface area contributed by atoms with Crippen LogP contribution in [0.1, 0.15) is 219 Å². The predicted molar refractivity (Wildman–Crippen MR) is 250 cm³/mol. The molecule has 0 aliphatic heterocycles. The summed E-state index contributed by atoms with van der Waals surface area (Å²) in [5, 5.41) is 31.3. The summed E-state index contributed by atoms with van der Waals surface area (Å²) in [5.41, 5.74) is 5.35. The number of ether oxygens (including phenoxy) is 2. The van der Waals surface area contributed by atoms with Crippen LogP contribution in [0.15, 0.2) is 12.2 Å². The van der Waals surface area contributed by atoms with Gasteiger partial charge in [-0.3, -0.25) is 23.4 Å². The van der Waals surface area contributed by atoms with Gasteiger partial charge >= 0.3 is 19.8 Å². The standard InChI is InChI=1S/C49H92NO12P/c1-3-5-7-8-9-10-11-12-13-14-15-16-17-18-19-20-21-22-23-24-26-32-49(56)62-43(40-61-63(57,58)60-36-35-50)39-59-48(55)31-28-27-30-42(52)37-45-44(46(53)38-47(45)54)34-33-41(51)29-25-6-4-2/h33-34,41,43-47,51,53-54H,3-32,35-40,50H2,1-2H3,(H,57,58)/b34-33+/t41-,43+,44+,45+,46+,47-/m0/s1. The lowest BCUT2D eigenvalue weighted by Crippen LogP contribution is -2.29. The highest BCUT2D eigenvalue weighted by Gasteiger charge is 2.41. The van der Waals surface area contributed by atoms with Crippen molar-refractivity contribution >= 4 is 25.5 Å². The molecule has 1 aliphatic carbocycles. The van der Waals surface area contributed by atoms with Crippen molar-refractivity contribution in [3.63, 3.8) is 0 Å². The van der Waals surface area contributed by atoms with Gasteiger partial charge in [0, 0.05) is 50.5 Å². The van der Waals surface area contributed by atoms with Crippen LogP contribution in [-0.2, 0) is 37.5 Å². The largest absolute Gasteiger partial charge is 0.472 e. The Bertz CT molecular complexity index is 1220. The van der Waals surface area contributed by atoms with Crippen molar-refractivity contribution in [2.75, 3.05) is 26.4 Å². The SMILES string of the molecule is CCCCCCCCCCCCCCCCCCCCCCCC(=O)O[C@H](COC(=O)CCCCC(=O)C[C@@H]1[C@@H](/C=C/[C@@H](O)CCCCC)[C@H](O)C[C@@H]1O)COP(=O)(O)OCCN. The maximum atomic E-state index is 12.8. The summed E-state index contributed by atoms with van der Waals surface area (Å²) in [7, 11) is -4.47. The second-order valence-electron chi connectivity index (χ2n) is 18.0. The van der Waals surface area contributed by atoms with Crippen LogP contribution >= 0.6 is 7.82 Å². The third-order valence-electron chi connectivity index (χ3n) is 12.1. The van der Waals surface area contributed by atoms with Gasteiger partial charge in [-0.1, -0.05) is 174 Å². The van der Waals surface area contributed by atoms with Crippen LogP contribution in [-0.4, -0.2) is 88.7 Å². The van der Waals surface area contributed by atoms with E-state index in [1.165, 1.54) is 109 Å². The van der Waals surface area contributed by atoms with Crippen LogP contribution in [0, 0.1) is 11.8 Å². The number of Topliss-reactive ketones (excluding diaryl/α,β-unsaturated/α-hetero) is 1. The average molecular weight is 918 g/mol. The first-order valence-electron chi connectivity index (χ1n) is 25.3. The normalized spacial score (nSPS) is 19.6. The molecule has 1 fully saturated rings. The smallest absolute Gasteiger partial charge is 0.462 e. The van der Waals surface area contributed by atoms with Gasteiger partial charge in [0.25, 0.3) is 0 Å². The van der Waals surface area contributed by atoms with Crippen LogP contribution in [0.4, 0.5) is 0 Å². The molecule has 0 radical (unpaired) electrons. The van der Waals surface area contributed by atoms with Gasteiger partial charge in [-0.2, -0.15) is 0 Å². The molecule has 370 valence electrons. The Morgan fingerprint density at radius 1 is 0.651 bits per heavy atom. The molecule has 0 aromatic rings. The number of nitrogens with two attached hydrogens (primary N) is 1. The van der Waals surface area contributed by atoms with Crippen molar-refractivity contribution in [2.45, 2.75) is 244 Å². The minimum absolute atomic E-state index is 0.00159. The molecule has 1 rings (SSSR count). The first-order chi connectivity index (χ1) is 30.4. The minimum Gasteiger partial charge on any atom is -0.462 e. The molecule has 7 atom stereocenters. The van der Waals surface area contributed by atoms with E-state index >= 15 is 0 Å². The number of phosphoric acid groups is 1. The van der Waals surface area contributed by atoms with Crippen LogP contribution in [0.5, 0.6) is 0 Å². The lowest BCUT2D eigenvalue weighted by atomic mass is 9.87. The van der Waals surface area contributed by atoms with Gasteiger partial charge in [-0.25, -0.2) is 4.57 Å². The first-order valence-corrected chi connectivity index (χ1v) is 26.8. The van der Waals surface area contributed by atoms with E-state index in [1.807, 2.05) is 0 Å². The van der Waals surface area contributed by atoms with Crippen LogP contribution in [0.2, 0.25) is 0 Å². The molecule has 63 heavy (non-hydrogen) atoms. The minimum atomic E-state index is -4.47. The number of rotatable bonds is 44. The van der Waals surface area contributed by atoms with E-state index in [0.717, 1.165) is 38.5 Å². The summed E-state index contributed by atoms with van der Waals surface area (Å²) in [6.07, 6.45) is 31.6. The molecule has 0 amide bonds. The summed E-state index contributed by atoms with van der Waals surface area (Å²) < 4.78 is 32.8. The van der Waals surface area contributed by atoms with E-state index in [9.17, 15) is 39.2 Å². The van der Waals surface area contributed by atoms with Gasteiger partial charge in [0.15, 0.2) is 6.10 Å². The number of esters is 2. The van der Waals surface area contributed by atoms with E-state index in [2.05, 4.69) is 13.8 Å². The van der Waals surface area contributed by atoms with Crippen molar-refractivity contribution in [1.82, 2.24) is 0 Å². The molecule has 1 unspecified atom stereocenters. The second-order valence-corrected chi connectivity index (χ2v) is 19.5. The third-order valence-corrected chi connectivity index (χ3v) is 13.1. The number of hydrogen-bond acceptors (Lipinski definition) is 12. The van der Waals surface area contributed by atoms with E-state index < -0.39 is 62.6 Å². The number of ketones is 1. The lowest BCUT2D eigenvalue weighted by Gasteiger charge is -2.20. The molecule has 1 aliphatic rings. The summed E-state index contributed by atoms with van der Waals surface area (Å²) >= 11 is 0. The monoisotopic (exact) mass is 918 g/mol. The molecule has 0 bridgehead atoms. The molecular weight excluding hydrogens is 826 g/mol. The predicted octanol–water partition coefficient (Wildman–Crippen LogP) is 10.5. The Morgan fingerprint density at radius 3 is 1.67 bits per heavy atom. The van der Waals surface area contributed by atoms with Crippen molar-refractivity contribution in [2.24, 2.45) is 17.6 Å². The third kappa shape index (κ3) is 33.4. The highest BCUT2D eigenvalue weighted by atomic mass is 31.2. The Kier molecular flexibility index (Phi) is 37.2. The Labute approximate surface area is 382 Å². The van der Waals surface area contributed by atoms with E-state index in [-0.39, 0.29) is 57.6 Å². The topological polar surface area (TPSA) is 212 Å². The van der Waals surface area contributed by atoms with E-state index in [0.29, 0.717) is 25.7 Å². The van der Waals surface area contributed by atoms with Gasteiger partial charge in [0.1, 0.15) is 12.4 Å². The molecule has 0 saturated heterocycles. The molecule has 14 heteroatoms. The Morgan fingerprint density at radius 2 is 1.13 bits per heavy atom. The molecule has 1 saturated carbocycles. The first kappa shape index (κ1) is 59.3. The van der Waals surface area contributed by atoms with Crippen LogP contribution < -0.4 is 5.73 Å². The quantitative estimate of drug-likeness (QED) is 0.0167. The van der Waals surface area contributed by atoms with E-state index in [1.54, 1.807) is 12.2 Å². The summed E-state index contributed by atoms with van der Waals surface area (Å²) in [4.78, 5) is 48.1. The van der Waals surface area contributed by atoms with Crippen molar-refractivity contribution in [3.8, 4) is 0 Å². The highest BCUT2D eigenvalue weighted by molar-refractivity contribution is 7.47. The number of unbranched alkanes of at least 4 members (excludes halogenated alkanes) is 23. The molecule has 0 aromatic carbocycles. The number of hydrogen-bond donors (Lipinski definition) is 5. The fourth-order valence-electron chi connectivity index (χ4n) is 8.28. The summed E-state index contributed by atoms with van der Waals surface area (Å²) in [5.74, 6) is -2.08. The second kappa shape index (κ2) is 39.5. The zero-order valence-electron chi connectivity index (χ0n) is 39.7. The van der Waals surface area contributed by atoms with Crippen LogP contribution in [0.3, 0.4) is 0 Å². The van der Waals surface area contributed by atoms with Gasteiger partial charge in [-0.15, -0.1) is 0 Å². The van der Waals surface area contributed by atoms with Gasteiger partial charge in [0.2, 0.25) is 0 Å². The molecule has 13 nitrogen and oxygen atoms in total. The summed E-state index contributed by atoms with van der Waals surface area (Å²) in [6, 6.07) is 0. The lowest BCUT2D eigenvalue weighted by molar-refractivity contribution is -0.161. The fourth-order valence-corrected chi connectivity index (χ4v) is 9.05.